The number of hydrogen-bond acceptors (Lipinski definition) is 5. The van der Waals surface area contributed by atoms with Gasteiger partial charge in [-0.05, 0) is 29.8 Å². The summed E-state index contributed by atoms with van der Waals surface area (Å²) in [6.07, 6.45) is 6.14. The number of allylic oxidation sites excluding steroid dienone is 2. The van der Waals surface area contributed by atoms with Crippen LogP contribution >= 0.6 is 0 Å². The molecule has 0 spiro atoms. The lowest BCUT2D eigenvalue weighted by molar-refractivity contribution is 0.272. The van der Waals surface area contributed by atoms with Crippen molar-refractivity contribution >= 4 is 27.5 Å². The Kier molecular flexibility index (Phi) is 5.56. The van der Waals surface area contributed by atoms with Gasteiger partial charge < -0.3 is 9.15 Å². The van der Waals surface area contributed by atoms with Crippen molar-refractivity contribution in [2.24, 2.45) is 0 Å². The van der Waals surface area contributed by atoms with Crippen LogP contribution in [0.4, 0.5) is 0 Å². The Bertz CT molecular complexity index is 2270. The number of hydrogen-bond donors (Lipinski definition) is 0. The fourth-order valence-corrected chi connectivity index (χ4v) is 6.45. The Morgan fingerprint density at radius 1 is 0.545 bits per heavy atom. The van der Waals surface area contributed by atoms with E-state index in [1.54, 1.807) is 0 Å². The average Bonchev–Trinajstić information content (AvgIpc) is 3.67. The van der Waals surface area contributed by atoms with E-state index in [0.29, 0.717) is 17.5 Å². The summed E-state index contributed by atoms with van der Waals surface area (Å²) >= 11 is 0. The summed E-state index contributed by atoms with van der Waals surface area (Å²) in [5.41, 5.74) is 7.83. The van der Waals surface area contributed by atoms with Crippen LogP contribution in [0.5, 0.6) is 5.75 Å². The van der Waals surface area contributed by atoms with Crippen LogP contribution in [0, 0.1) is 0 Å². The fourth-order valence-electron chi connectivity index (χ4n) is 6.45. The predicted molar refractivity (Wildman–Crippen MR) is 174 cm³/mol. The van der Waals surface area contributed by atoms with Crippen LogP contribution in [0.1, 0.15) is 17.3 Å². The lowest BCUT2D eigenvalue weighted by atomic mass is 9.83. The second kappa shape index (κ2) is 9.89. The molecule has 0 bridgehead atoms. The van der Waals surface area contributed by atoms with Crippen LogP contribution in [0.2, 0.25) is 0 Å². The summed E-state index contributed by atoms with van der Waals surface area (Å²) in [4.78, 5) is 15.1. The molecule has 0 amide bonds. The molecule has 3 heterocycles. The van der Waals surface area contributed by atoms with E-state index in [9.17, 15) is 0 Å². The first kappa shape index (κ1) is 24.8. The number of benzene rings is 5. The third-order valence-electron chi connectivity index (χ3n) is 8.52. The number of ether oxygens (including phenoxy) is 1. The second-order valence-corrected chi connectivity index (χ2v) is 11.1. The molecule has 0 radical (unpaired) electrons. The van der Waals surface area contributed by atoms with E-state index < -0.39 is 0 Å². The Morgan fingerprint density at radius 3 is 2.09 bits per heavy atom. The third kappa shape index (κ3) is 3.97. The quantitative estimate of drug-likeness (QED) is 0.212. The molecule has 44 heavy (non-hydrogen) atoms. The molecule has 2 aliphatic rings. The van der Waals surface area contributed by atoms with Crippen LogP contribution < -0.4 is 4.74 Å². The zero-order valence-electron chi connectivity index (χ0n) is 23.6. The number of rotatable bonds is 4. The van der Waals surface area contributed by atoms with Gasteiger partial charge in [0.15, 0.2) is 17.5 Å². The molecule has 2 aromatic heterocycles. The highest BCUT2D eigenvalue weighted by Gasteiger charge is 2.39. The van der Waals surface area contributed by atoms with Crippen molar-refractivity contribution in [1.29, 1.82) is 0 Å². The number of aromatic nitrogens is 3. The second-order valence-electron chi connectivity index (χ2n) is 11.1. The minimum Gasteiger partial charge on any atom is -0.484 e. The highest BCUT2D eigenvalue weighted by molar-refractivity contribution is 6.05. The molecule has 9 rings (SSSR count). The molecule has 5 heteroatoms. The zero-order valence-corrected chi connectivity index (χ0v) is 23.6. The summed E-state index contributed by atoms with van der Waals surface area (Å²) in [6, 6.07) is 41.1. The maximum absolute atomic E-state index is 6.64. The number of fused-ring (bicyclic) bond motifs is 6. The molecule has 2 unspecified atom stereocenters. The summed E-state index contributed by atoms with van der Waals surface area (Å²) in [5, 5.41) is 2.16. The van der Waals surface area contributed by atoms with Gasteiger partial charge >= 0.3 is 0 Å². The molecule has 0 fully saturated rings. The molecule has 7 aromatic rings. The van der Waals surface area contributed by atoms with Gasteiger partial charge in [-0.25, -0.2) is 15.0 Å². The Balaban J connectivity index is 1.20. The number of nitrogens with zero attached hydrogens (tertiary/aromatic N) is 3. The van der Waals surface area contributed by atoms with Crippen LogP contribution in [0.15, 0.2) is 144 Å². The lowest BCUT2D eigenvalue weighted by Crippen LogP contribution is -2.20. The molecule has 5 nitrogen and oxygen atoms in total. The monoisotopic (exact) mass is 567 g/mol. The van der Waals surface area contributed by atoms with Gasteiger partial charge in [-0.1, -0.05) is 115 Å². The van der Waals surface area contributed by atoms with Gasteiger partial charge in [0.25, 0.3) is 0 Å². The maximum Gasteiger partial charge on any atom is 0.164 e. The smallest absolute Gasteiger partial charge is 0.164 e. The summed E-state index contributed by atoms with van der Waals surface area (Å²) < 4.78 is 12.9. The van der Waals surface area contributed by atoms with Gasteiger partial charge in [0.05, 0.1) is 5.92 Å². The van der Waals surface area contributed by atoms with Gasteiger partial charge in [-0.2, -0.15) is 0 Å². The summed E-state index contributed by atoms with van der Waals surface area (Å²) in [5.74, 6) is 2.73. The minimum absolute atomic E-state index is 0.0459. The van der Waals surface area contributed by atoms with Gasteiger partial charge in [-0.3, -0.25) is 0 Å². The van der Waals surface area contributed by atoms with Crippen LogP contribution in [-0.2, 0) is 0 Å². The first-order valence-electron chi connectivity index (χ1n) is 14.8. The van der Waals surface area contributed by atoms with Crippen molar-refractivity contribution < 1.29 is 9.15 Å². The Morgan fingerprint density at radius 2 is 1.25 bits per heavy atom. The zero-order chi connectivity index (χ0) is 29.0. The minimum atomic E-state index is -0.151. The van der Waals surface area contributed by atoms with E-state index in [-0.39, 0.29) is 12.0 Å². The predicted octanol–water partition coefficient (Wildman–Crippen LogP) is 9.27. The Labute approximate surface area is 253 Å². The van der Waals surface area contributed by atoms with Crippen LogP contribution in [-0.4, -0.2) is 21.1 Å². The normalized spacial score (nSPS) is 16.9. The molecular formula is C39H25N3O2. The van der Waals surface area contributed by atoms with E-state index in [4.69, 9.17) is 24.1 Å². The number of furan rings is 1. The van der Waals surface area contributed by atoms with Crippen LogP contribution in [0.25, 0.3) is 61.4 Å². The Hall–Kier alpha value is -5.81. The van der Waals surface area contributed by atoms with Crippen molar-refractivity contribution in [2.45, 2.75) is 12.0 Å². The van der Waals surface area contributed by atoms with E-state index in [1.807, 2.05) is 60.7 Å². The largest absolute Gasteiger partial charge is 0.484 e. The first-order chi connectivity index (χ1) is 21.8. The van der Waals surface area contributed by atoms with Crippen LogP contribution in [0.3, 0.4) is 0 Å². The fraction of sp³-hybridized carbons (Fsp3) is 0.0513. The molecule has 0 saturated carbocycles. The van der Waals surface area contributed by atoms with Crippen molar-refractivity contribution in [3.8, 4) is 39.7 Å². The molecule has 1 aliphatic carbocycles. The van der Waals surface area contributed by atoms with Gasteiger partial charge in [0, 0.05) is 38.6 Å². The summed E-state index contributed by atoms with van der Waals surface area (Å²) in [7, 11) is 0. The molecule has 2 atom stereocenters. The van der Waals surface area contributed by atoms with Crippen molar-refractivity contribution in [1.82, 2.24) is 15.0 Å². The topological polar surface area (TPSA) is 61.0 Å². The molecule has 5 aromatic carbocycles. The van der Waals surface area contributed by atoms with Crippen molar-refractivity contribution in [3.05, 3.63) is 151 Å². The first-order valence-corrected chi connectivity index (χ1v) is 14.8. The van der Waals surface area contributed by atoms with Crippen molar-refractivity contribution in [3.63, 3.8) is 0 Å². The van der Waals surface area contributed by atoms with Crippen molar-refractivity contribution in [2.75, 3.05) is 0 Å². The highest BCUT2D eigenvalue weighted by atomic mass is 16.5. The molecule has 0 saturated heterocycles. The standard InChI is InChI=1S/C39H25N3O2/c1-3-11-24(12-4-1)27-16-9-17-30-35-31(18-10-20-33(35)44-36(27)30)39-41-37(25-13-5-2-6-14-25)40-38(42-39)26-21-22-29-28-15-7-8-19-32(28)43-34(29)23-26/h1-23,33,35H. The molecule has 1 aliphatic heterocycles. The van der Waals surface area contributed by atoms with Gasteiger partial charge in [-0.15, -0.1) is 0 Å². The van der Waals surface area contributed by atoms with E-state index in [0.717, 1.165) is 61.1 Å². The highest BCUT2D eigenvalue weighted by Crippen LogP contribution is 2.51. The molecule has 0 N–H and O–H groups in total. The summed E-state index contributed by atoms with van der Waals surface area (Å²) in [6.45, 7) is 0. The average molecular weight is 568 g/mol. The molecular weight excluding hydrogens is 542 g/mol. The third-order valence-corrected chi connectivity index (χ3v) is 8.52. The lowest BCUT2D eigenvalue weighted by Gasteiger charge is -2.22. The maximum atomic E-state index is 6.64. The molecule has 208 valence electrons. The van der Waals surface area contributed by atoms with E-state index in [1.165, 1.54) is 0 Å². The number of para-hydroxylation sites is 2. The van der Waals surface area contributed by atoms with E-state index in [2.05, 4.69) is 78.9 Å². The SMILES string of the molecule is C1=CC2Oc3c(-c4ccccc4)cccc3C2C(c2nc(-c3ccccc3)nc(-c3ccc4c(c3)oc3ccccc34)n2)=C1. The van der Waals surface area contributed by atoms with Gasteiger partial charge in [0.2, 0.25) is 0 Å². The van der Waals surface area contributed by atoms with E-state index >= 15 is 0 Å². The van der Waals surface area contributed by atoms with Gasteiger partial charge in [0.1, 0.15) is 23.0 Å².